The molecule has 2 N–H and O–H groups in total. The number of esters is 1. The van der Waals surface area contributed by atoms with Crippen LogP contribution in [0.25, 0.3) is 33.7 Å². The standard InChI is InChI=1S/C27H21ClN4O4S/c1-15(25(33)32-27-31-23(14-37-27)16-3-8-19(28)9-4-16)36-26(34)18-7-12-21-22(13-18)30-24(29-21)17-5-10-20(35-2)11-6-17/h3-15H,1-2H3,(H,29,30)(H,31,32,33). The van der Waals surface area contributed by atoms with Crippen LogP contribution in [0.1, 0.15) is 17.3 Å². The van der Waals surface area contributed by atoms with Crippen molar-refractivity contribution in [2.24, 2.45) is 0 Å². The van der Waals surface area contributed by atoms with E-state index in [0.717, 1.165) is 16.9 Å². The van der Waals surface area contributed by atoms with Gasteiger partial charge in [0.2, 0.25) is 0 Å². The highest BCUT2D eigenvalue weighted by molar-refractivity contribution is 7.14. The van der Waals surface area contributed by atoms with E-state index in [1.54, 1.807) is 37.4 Å². The molecule has 37 heavy (non-hydrogen) atoms. The van der Waals surface area contributed by atoms with Crippen molar-refractivity contribution in [1.82, 2.24) is 15.0 Å². The molecule has 186 valence electrons. The van der Waals surface area contributed by atoms with Gasteiger partial charge in [0.25, 0.3) is 5.91 Å². The number of benzene rings is 3. The van der Waals surface area contributed by atoms with Gasteiger partial charge in [0, 0.05) is 21.5 Å². The molecule has 5 aromatic rings. The van der Waals surface area contributed by atoms with Gasteiger partial charge in [0.1, 0.15) is 11.6 Å². The average Bonchev–Trinajstić information content (AvgIpc) is 3.56. The second-order valence-corrected chi connectivity index (χ2v) is 9.42. The summed E-state index contributed by atoms with van der Waals surface area (Å²) in [6.45, 7) is 1.51. The highest BCUT2D eigenvalue weighted by atomic mass is 35.5. The third-order valence-electron chi connectivity index (χ3n) is 5.61. The van der Waals surface area contributed by atoms with Gasteiger partial charge in [0.15, 0.2) is 11.2 Å². The molecule has 0 aliphatic carbocycles. The third-order valence-corrected chi connectivity index (χ3v) is 6.62. The lowest BCUT2D eigenvalue weighted by atomic mass is 10.2. The first-order chi connectivity index (χ1) is 17.9. The minimum atomic E-state index is -1.03. The van der Waals surface area contributed by atoms with Crippen molar-refractivity contribution >= 4 is 51.0 Å². The molecule has 2 heterocycles. The first kappa shape index (κ1) is 24.5. The fourth-order valence-corrected chi connectivity index (χ4v) is 4.44. The van der Waals surface area contributed by atoms with Gasteiger partial charge in [-0.2, -0.15) is 0 Å². The predicted molar refractivity (Wildman–Crippen MR) is 144 cm³/mol. The van der Waals surface area contributed by atoms with Gasteiger partial charge in [0.05, 0.1) is 29.4 Å². The van der Waals surface area contributed by atoms with Crippen LogP contribution in [0.5, 0.6) is 5.75 Å². The molecule has 0 fully saturated rings. The molecular formula is C27H21ClN4O4S. The number of aromatic nitrogens is 3. The number of aromatic amines is 1. The Bertz CT molecular complexity index is 1580. The summed E-state index contributed by atoms with van der Waals surface area (Å²) in [6, 6.07) is 19.7. The number of nitrogens with one attached hydrogen (secondary N) is 2. The molecule has 0 radical (unpaired) electrons. The second-order valence-electron chi connectivity index (χ2n) is 8.13. The van der Waals surface area contributed by atoms with E-state index in [2.05, 4.69) is 20.3 Å². The Hall–Kier alpha value is -4.21. The molecule has 0 aliphatic rings. The zero-order chi connectivity index (χ0) is 25.9. The van der Waals surface area contributed by atoms with E-state index in [1.165, 1.54) is 18.3 Å². The summed E-state index contributed by atoms with van der Waals surface area (Å²) in [5.74, 6) is 0.318. The number of carbonyl (C=O) groups excluding carboxylic acids is 2. The molecule has 3 aromatic carbocycles. The van der Waals surface area contributed by atoms with E-state index in [9.17, 15) is 9.59 Å². The topological polar surface area (TPSA) is 106 Å². The Balaban J connectivity index is 1.23. The number of H-pyrrole nitrogens is 1. The quantitative estimate of drug-likeness (QED) is 0.242. The number of imidazole rings is 1. The van der Waals surface area contributed by atoms with Crippen LogP contribution >= 0.6 is 22.9 Å². The lowest BCUT2D eigenvalue weighted by Gasteiger charge is -2.12. The summed E-state index contributed by atoms with van der Waals surface area (Å²) >= 11 is 7.21. The lowest BCUT2D eigenvalue weighted by molar-refractivity contribution is -0.123. The Morgan fingerprint density at radius 3 is 2.46 bits per heavy atom. The molecule has 0 saturated heterocycles. The molecule has 10 heteroatoms. The summed E-state index contributed by atoms with van der Waals surface area (Å²) < 4.78 is 10.6. The zero-order valence-corrected chi connectivity index (χ0v) is 21.4. The number of rotatable bonds is 7. The molecule has 1 atom stereocenters. The first-order valence-corrected chi connectivity index (χ1v) is 12.5. The molecule has 0 bridgehead atoms. The largest absolute Gasteiger partial charge is 0.497 e. The number of halogens is 1. The summed E-state index contributed by atoms with van der Waals surface area (Å²) in [7, 11) is 1.61. The lowest BCUT2D eigenvalue weighted by Crippen LogP contribution is -2.29. The summed E-state index contributed by atoms with van der Waals surface area (Å²) in [6.07, 6.45) is -1.03. The van der Waals surface area contributed by atoms with Gasteiger partial charge in [-0.3, -0.25) is 10.1 Å². The second kappa shape index (κ2) is 10.4. The van der Waals surface area contributed by atoms with Crippen molar-refractivity contribution in [3.63, 3.8) is 0 Å². The Labute approximate surface area is 221 Å². The van der Waals surface area contributed by atoms with Crippen LogP contribution in [-0.4, -0.2) is 40.0 Å². The van der Waals surface area contributed by atoms with Crippen molar-refractivity contribution in [2.75, 3.05) is 12.4 Å². The summed E-state index contributed by atoms with van der Waals surface area (Å²) in [4.78, 5) is 37.6. The van der Waals surface area contributed by atoms with Crippen molar-refractivity contribution in [3.8, 4) is 28.4 Å². The van der Waals surface area contributed by atoms with Gasteiger partial charge in [-0.1, -0.05) is 23.7 Å². The molecule has 1 amide bonds. The van der Waals surface area contributed by atoms with Gasteiger partial charge < -0.3 is 14.5 Å². The van der Waals surface area contributed by atoms with Crippen molar-refractivity contribution < 1.29 is 19.1 Å². The number of hydrogen-bond acceptors (Lipinski definition) is 7. The Morgan fingerprint density at radius 1 is 1.00 bits per heavy atom. The fraction of sp³-hybridized carbons (Fsp3) is 0.111. The Morgan fingerprint density at radius 2 is 1.73 bits per heavy atom. The molecule has 0 spiro atoms. The summed E-state index contributed by atoms with van der Waals surface area (Å²) in [5, 5.41) is 5.57. The molecule has 1 unspecified atom stereocenters. The smallest absolute Gasteiger partial charge is 0.338 e. The number of fused-ring (bicyclic) bond motifs is 1. The maximum atomic E-state index is 12.7. The average molecular weight is 533 g/mol. The number of ether oxygens (including phenoxy) is 2. The summed E-state index contributed by atoms with van der Waals surface area (Å²) in [5.41, 5.74) is 4.15. The zero-order valence-electron chi connectivity index (χ0n) is 19.8. The minimum absolute atomic E-state index is 0.302. The number of carbonyl (C=O) groups is 2. The normalized spacial score (nSPS) is 11.8. The number of anilines is 1. The number of methoxy groups -OCH3 is 1. The van der Waals surface area contributed by atoms with Crippen molar-refractivity contribution in [1.29, 1.82) is 0 Å². The van der Waals surface area contributed by atoms with Gasteiger partial charge >= 0.3 is 5.97 Å². The van der Waals surface area contributed by atoms with Crippen LogP contribution in [0.3, 0.4) is 0 Å². The van der Waals surface area contributed by atoms with E-state index < -0.39 is 18.0 Å². The highest BCUT2D eigenvalue weighted by Crippen LogP contribution is 2.27. The van der Waals surface area contributed by atoms with Crippen LogP contribution in [0.15, 0.2) is 72.1 Å². The minimum Gasteiger partial charge on any atom is -0.497 e. The maximum Gasteiger partial charge on any atom is 0.338 e. The highest BCUT2D eigenvalue weighted by Gasteiger charge is 2.21. The number of hydrogen-bond donors (Lipinski definition) is 2. The van der Waals surface area contributed by atoms with Gasteiger partial charge in [-0.25, -0.2) is 14.8 Å². The molecule has 2 aromatic heterocycles. The van der Waals surface area contributed by atoms with E-state index in [-0.39, 0.29) is 0 Å². The number of nitrogens with zero attached hydrogens (tertiary/aromatic N) is 2. The van der Waals surface area contributed by atoms with Crippen LogP contribution < -0.4 is 10.1 Å². The van der Waals surface area contributed by atoms with E-state index in [1.807, 2.05) is 41.8 Å². The van der Waals surface area contributed by atoms with Gasteiger partial charge in [-0.05, 0) is 61.5 Å². The van der Waals surface area contributed by atoms with E-state index >= 15 is 0 Å². The molecule has 0 aliphatic heterocycles. The number of thiazole rings is 1. The first-order valence-electron chi connectivity index (χ1n) is 11.3. The monoisotopic (exact) mass is 532 g/mol. The number of amides is 1. The third kappa shape index (κ3) is 5.47. The van der Waals surface area contributed by atoms with Crippen LogP contribution in [-0.2, 0) is 9.53 Å². The molecule has 0 saturated carbocycles. The van der Waals surface area contributed by atoms with Crippen molar-refractivity contribution in [2.45, 2.75) is 13.0 Å². The molecule has 5 rings (SSSR count). The SMILES string of the molecule is COc1ccc(-c2nc3ccc(C(=O)OC(C)C(=O)Nc4nc(-c5ccc(Cl)cc5)cs4)cc3[nH]2)cc1. The van der Waals surface area contributed by atoms with Crippen molar-refractivity contribution in [3.05, 3.63) is 82.7 Å². The fourth-order valence-electron chi connectivity index (χ4n) is 3.60. The van der Waals surface area contributed by atoms with E-state index in [4.69, 9.17) is 21.1 Å². The Kier molecular flexibility index (Phi) is 6.89. The molecule has 8 nitrogen and oxygen atoms in total. The van der Waals surface area contributed by atoms with Gasteiger partial charge in [-0.15, -0.1) is 11.3 Å². The predicted octanol–water partition coefficient (Wildman–Crippen LogP) is 6.20. The van der Waals surface area contributed by atoms with E-state index in [0.29, 0.717) is 38.3 Å². The van der Waals surface area contributed by atoms with Crippen LogP contribution in [0.2, 0.25) is 5.02 Å². The molecular weight excluding hydrogens is 512 g/mol. The maximum absolute atomic E-state index is 12.7. The van der Waals surface area contributed by atoms with Crippen LogP contribution in [0, 0.1) is 0 Å². The van der Waals surface area contributed by atoms with Crippen LogP contribution in [0.4, 0.5) is 5.13 Å².